The van der Waals surface area contributed by atoms with Crippen molar-refractivity contribution >= 4 is 38.4 Å². The van der Waals surface area contributed by atoms with E-state index < -0.39 is 10.0 Å². The van der Waals surface area contributed by atoms with Gasteiger partial charge in [0.15, 0.2) is 0 Å². The fraction of sp³-hybridized carbons (Fsp3) is 0.238. The summed E-state index contributed by atoms with van der Waals surface area (Å²) in [4.78, 5) is 18.8. The third-order valence-corrected chi connectivity index (χ3v) is 7.07. The van der Waals surface area contributed by atoms with Gasteiger partial charge < -0.3 is 4.90 Å². The van der Waals surface area contributed by atoms with Crippen molar-refractivity contribution in [2.75, 3.05) is 26.2 Å². The Hall–Kier alpha value is -2.48. The second-order valence-corrected chi connectivity index (χ2v) is 9.33. The van der Waals surface area contributed by atoms with Gasteiger partial charge in [-0.3, -0.25) is 4.79 Å². The fourth-order valence-corrected chi connectivity index (χ4v) is 5.13. The predicted octanol–water partition coefficient (Wildman–Crippen LogP) is 3.18. The summed E-state index contributed by atoms with van der Waals surface area (Å²) >= 11 is 5.90. The smallest absolute Gasteiger partial charge is 0.253 e. The molecule has 150 valence electrons. The zero-order chi connectivity index (χ0) is 20.4. The van der Waals surface area contributed by atoms with E-state index in [1.807, 2.05) is 24.3 Å². The molecule has 6 nitrogen and oxygen atoms in total. The van der Waals surface area contributed by atoms with Crippen molar-refractivity contribution < 1.29 is 13.2 Å². The minimum atomic E-state index is -3.41. The minimum Gasteiger partial charge on any atom is -0.336 e. The van der Waals surface area contributed by atoms with Crippen LogP contribution in [0.15, 0.2) is 60.7 Å². The third-order valence-electron chi connectivity index (χ3n) is 5.01. The van der Waals surface area contributed by atoms with Gasteiger partial charge in [-0.25, -0.2) is 13.4 Å². The van der Waals surface area contributed by atoms with Gasteiger partial charge in [0.05, 0.1) is 11.3 Å². The molecule has 2 aromatic carbocycles. The molecule has 4 rings (SSSR count). The van der Waals surface area contributed by atoms with Gasteiger partial charge in [0.2, 0.25) is 10.0 Å². The van der Waals surface area contributed by atoms with Gasteiger partial charge in [0, 0.05) is 37.1 Å². The van der Waals surface area contributed by atoms with Crippen LogP contribution in [0.5, 0.6) is 0 Å². The summed E-state index contributed by atoms with van der Waals surface area (Å²) < 4.78 is 26.8. The maximum absolute atomic E-state index is 12.9. The van der Waals surface area contributed by atoms with E-state index in [0.717, 1.165) is 16.5 Å². The van der Waals surface area contributed by atoms with Gasteiger partial charge in [-0.05, 0) is 35.9 Å². The molecule has 0 bridgehead atoms. The lowest BCUT2D eigenvalue weighted by Gasteiger charge is -2.34. The summed E-state index contributed by atoms with van der Waals surface area (Å²) in [6.07, 6.45) is 0. The summed E-state index contributed by atoms with van der Waals surface area (Å²) in [5.74, 6) is -0.135. The highest BCUT2D eigenvalue weighted by Crippen LogP contribution is 2.20. The zero-order valence-electron chi connectivity index (χ0n) is 15.7. The van der Waals surface area contributed by atoms with E-state index in [0.29, 0.717) is 36.9 Å². The van der Waals surface area contributed by atoms with Gasteiger partial charge in [0.25, 0.3) is 5.91 Å². The second-order valence-electron chi connectivity index (χ2n) is 6.97. The number of rotatable bonds is 4. The molecule has 1 saturated heterocycles. The molecule has 0 radical (unpaired) electrons. The van der Waals surface area contributed by atoms with E-state index in [4.69, 9.17) is 11.6 Å². The van der Waals surface area contributed by atoms with Gasteiger partial charge in [-0.1, -0.05) is 41.9 Å². The first-order chi connectivity index (χ1) is 13.9. The molecule has 0 N–H and O–H groups in total. The Balaban J connectivity index is 1.42. The van der Waals surface area contributed by atoms with Crippen LogP contribution < -0.4 is 0 Å². The number of nitrogens with zero attached hydrogens (tertiary/aromatic N) is 3. The SMILES string of the molecule is O=C(c1ccc2nc(Cl)ccc2c1)N1CCN(S(=O)(=O)Cc2ccccc2)CC1. The molecular weight excluding hydrogens is 410 g/mol. The number of carbonyl (C=O) groups excluding carboxylic acids is 1. The van der Waals surface area contributed by atoms with Crippen LogP contribution >= 0.6 is 11.6 Å². The minimum absolute atomic E-state index is 0.0258. The van der Waals surface area contributed by atoms with Crippen molar-refractivity contribution in [1.29, 1.82) is 0 Å². The molecule has 1 aliphatic heterocycles. The second kappa shape index (κ2) is 8.10. The molecule has 0 spiro atoms. The molecule has 1 aromatic heterocycles. The van der Waals surface area contributed by atoms with Crippen molar-refractivity contribution in [3.8, 4) is 0 Å². The number of hydrogen-bond donors (Lipinski definition) is 0. The van der Waals surface area contributed by atoms with Crippen LogP contribution in [-0.2, 0) is 15.8 Å². The van der Waals surface area contributed by atoms with Crippen molar-refractivity contribution in [2.45, 2.75) is 5.75 Å². The summed E-state index contributed by atoms with van der Waals surface area (Å²) in [6.45, 7) is 1.32. The number of benzene rings is 2. The Morgan fingerprint density at radius 3 is 2.41 bits per heavy atom. The number of piperazine rings is 1. The van der Waals surface area contributed by atoms with Gasteiger partial charge in [-0.15, -0.1) is 0 Å². The number of hydrogen-bond acceptors (Lipinski definition) is 4. The van der Waals surface area contributed by atoms with Crippen LogP contribution in [0, 0.1) is 0 Å². The molecule has 1 aliphatic rings. The number of sulfonamides is 1. The number of aromatic nitrogens is 1. The molecule has 1 amide bonds. The van der Waals surface area contributed by atoms with Crippen LogP contribution in [0.4, 0.5) is 0 Å². The van der Waals surface area contributed by atoms with Crippen LogP contribution in [-0.4, -0.2) is 54.7 Å². The number of halogens is 1. The Kier molecular flexibility index (Phi) is 5.54. The quantitative estimate of drug-likeness (QED) is 0.597. The third kappa shape index (κ3) is 4.42. The highest BCUT2D eigenvalue weighted by Gasteiger charge is 2.29. The Labute approximate surface area is 174 Å². The normalized spacial score (nSPS) is 15.6. The molecule has 1 fully saturated rings. The highest BCUT2D eigenvalue weighted by molar-refractivity contribution is 7.88. The van der Waals surface area contributed by atoms with E-state index in [9.17, 15) is 13.2 Å². The number of carbonyl (C=O) groups is 1. The lowest BCUT2D eigenvalue weighted by atomic mass is 10.1. The van der Waals surface area contributed by atoms with E-state index in [-0.39, 0.29) is 11.7 Å². The number of amides is 1. The van der Waals surface area contributed by atoms with E-state index >= 15 is 0 Å². The zero-order valence-corrected chi connectivity index (χ0v) is 17.2. The average Bonchev–Trinajstić information content (AvgIpc) is 2.73. The van der Waals surface area contributed by atoms with E-state index in [1.54, 1.807) is 41.3 Å². The highest BCUT2D eigenvalue weighted by atomic mass is 35.5. The Morgan fingerprint density at radius 2 is 1.69 bits per heavy atom. The number of fused-ring (bicyclic) bond motifs is 1. The summed E-state index contributed by atoms with van der Waals surface area (Å²) in [6, 6.07) is 17.9. The van der Waals surface area contributed by atoms with Crippen molar-refractivity contribution in [1.82, 2.24) is 14.2 Å². The largest absolute Gasteiger partial charge is 0.336 e. The Morgan fingerprint density at radius 1 is 0.966 bits per heavy atom. The molecule has 29 heavy (non-hydrogen) atoms. The molecule has 8 heteroatoms. The van der Waals surface area contributed by atoms with Crippen molar-refractivity contribution in [3.63, 3.8) is 0 Å². The lowest BCUT2D eigenvalue weighted by molar-refractivity contribution is 0.0698. The molecule has 0 atom stereocenters. The predicted molar refractivity (Wildman–Crippen MR) is 113 cm³/mol. The average molecular weight is 430 g/mol. The topological polar surface area (TPSA) is 70.6 Å². The van der Waals surface area contributed by atoms with Crippen LogP contribution in [0.1, 0.15) is 15.9 Å². The van der Waals surface area contributed by atoms with Gasteiger partial charge in [-0.2, -0.15) is 4.31 Å². The summed E-state index contributed by atoms with van der Waals surface area (Å²) in [7, 11) is -3.41. The summed E-state index contributed by atoms with van der Waals surface area (Å²) in [5, 5.41) is 1.24. The van der Waals surface area contributed by atoms with Crippen molar-refractivity contribution in [2.24, 2.45) is 0 Å². The first kappa shape index (κ1) is 19.8. The van der Waals surface area contributed by atoms with Crippen LogP contribution in [0.3, 0.4) is 0 Å². The Bertz CT molecular complexity index is 1140. The first-order valence-corrected chi connectivity index (χ1v) is 11.3. The first-order valence-electron chi connectivity index (χ1n) is 9.30. The number of pyridine rings is 1. The van der Waals surface area contributed by atoms with Crippen molar-refractivity contribution in [3.05, 3.63) is 76.9 Å². The molecule has 0 aliphatic carbocycles. The van der Waals surface area contributed by atoms with Gasteiger partial charge in [0.1, 0.15) is 5.15 Å². The molecule has 0 unspecified atom stereocenters. The molecular formula is C21H20ClN3O3S. The maximum Gasteiger partial charge on any atom is 0.253 e. The standard InChI is InChI=1S/C21H20ClN3O3S/c22-20-9-7-17-14-18(6-8-19(17)23-20)21(26)24-10-12-25(13-11-24)29(27,28)15-16-4-2-1-3-5-16/h1-9,14H,10-13,15H2. The lowest BCUT2D eigenvalue weighted by Crippen LogP contribution is -2.50. The van der Waals surface area contributed by atoms with Crippen LogP contribution in [0.25, 0.3) is 10.9 Å². The monoisotopic (exact) mass is 429 g/mol. The molecule has 2 heterocycles. The summed E-state index contributed by atoms with van der Waals surface area (Å²) in [5.41, 5.74) is 2.05. The maximum atomic E-state index is 12.9. The van der Waals surface area contributed by atoms with E-state index in [2.05, 4.69) is 4.98 Å². The van der Waals surface area contributed by atoms with E-state index in [1.165, 1.54) is 4.31 Å². The molecule has 0 saturated carbocycles. The molecule has 3 aromatic rings. The van der Waals surface area contributed by atoms with Crippen LogP contribution in [0.2, 0.25) is 5.15 Å². The van der Waals surface area contributed by atoms with Gasteiger partial charge >= 0.3 is 0 Å². The fourth-order valence-electron chi connectivity index (χ4n) is 3.46.